The Bertz CT molecular complexity index is 526. The van der Waals surface area contributed by atoms with Crippen molar-refractivity contribution in [3.05, 3.63) is 58.2 Å². The second-order valence-corrected chi connectivity index (χ2v) is 5.68. The van der Waals surface area contributed by atoms with Crippen molar-refractivity contribution in [1.29, 1.82) is 0 Å². The van der Waals surface area contributed by atoms with Crippen LogP contribution in [0.1, 0.15) is 18.4 Å². The van der Waals surface area contributed by atoms with Gasteiger partial charge in [-0.15, -0.1) is 0 Å². The van der Waals surface area contributed by atoms with Gasteiger partial charge >= 0.3 is 0 Å². The number of rotatable bonds is 8. The van der Waals surface area contributed by atoms with Gasteiger partial charge in [-0.1, -0.05) is 29.3 Å². The molecular formula is C16H19Cl2N3. The first kappa shape index (κ1) is 16.1. The second kappa shape index (κ2) is 8.88. The van der Waals surface area contributed by atoms with E-state index in [1.54, 1.807) is 12.3 Å². The Morgan fingerprint density at radius 3 is 2.43 bits per heavy atom. The van der Waals surface area contributed by atoms with Gasteiger partial charge in [0.25, 0.3) is 0 Å². The number of hydrogen-bond acceptors (Lipinski definition) is 3. The summed E-state index contributed by atoms with van der Waals surface area (Å²) in [5.41, 5.74) is 1.11. The van der Waals surface area contributed by atoms with Gasteiger partial charge in [0.15, 0.2) is 0 Å². The molecule has 1 aromatic carbocycles. The number of benzene rings is 1. The SMILES string of the molecule is Clc1cc(Cl)cc(CNCCCCNc2ccccn2)c1. The fourth-order valence-electron chi connectivity index (χ4n) is 2.00. The van der Waals surface area contributed by atoms with Crippen molar-refractivity contribution in [3.8, 4) is 0 Å². The molecule has 0 unspecified atom stereocenters. The zero-order valence-electron chi connectivity index (χ0n) is 11.8. The first-order chi connectivity index (χ1) is 10.2. The van der Waals surface area contributed by atoms with Gasteiger partial charge in [-0.2, -0.15) is 0 Å². The van der Waals surface area contributed by atoms with Crippen LogP contribution in [0.3, 0.4) is 0 Å². The summed E-state index contributed by atoms with van der Waals surface area (Å²) in [5, 5.41) is 8.05. The van der Waals surface area contributed by atoms with Crippen LogP contribution >= 0.6 is 23.2 Å². The van der Waals surface area contributed by atoms with E-state index in [-0.39, 0.29) is 0 Å². The molecule has 0 radical (unpaired) electrons. The first-order valence-electron chi connectivity index (χ1n) is 7.04. The number of aromatic nitrogens is 1. The lowest BCUT2D eigenvalue weighted by Gasteiger charge is -2.07. The molecule has 0 aliphatic heterocycles. The molecule has 0 aliphatic carbocycles. The summed E-state index contributed by atoms with van der Waals surface area (Å²) in [6.45, 7) is 2.68. The predicted molar refractivity (Wildman–Crippen MR) is 90.1 cm³/mol. The minimum atomic E-state index is 0.680. The zero-order chi connectivity index (χ0) is 14.9. The van der Waals surface area contributed by atoms with Gasteiger partial charge in [0.05, 0.1) is 0 Å². The number of halogens is 2. The quantitative estimate of drug-likeness (QED) is 0.708. The summed E-state index contributed by atoms with van der Waals surface area (Å²) < 4.78 is 0. The van der Waals surface area contributed by atoms with E-state index in [1.165, 1.54) is 0 Å². The largest absolute Gasteiger partial charge is 0.370 e. The lowest BCUT2D eigenvalue weighted by Crippen LogP contribution is -2.15. The molecule has 2 N–H and O–H groups in total. The normalized spacial score (nSPS) is 10.6. The summed E-state index contributed by atoms with van der Waals surface area (Å²) in [6.07, 6.45) is 3.99. The highest BCUT2D eigenvalue weighted by atomic mass is 35.5. The van der Waals surface area contributed by atoms with E-state index < -0.39 is 0 Å². The average molecular weight is 324 g/mol. The Balaban J connectivity index is 1.56. The van der Waals surface area contributed by atoms with Crippen molar-refractivity contribution < 1.29 is 0 Å². The van der Waals surface area contributed by atoms with E-state index >= 15 is 0 Å². The molecule has 5 heteroatoms. The molecule has 112 valence electrons. The third-order valence-corrected chi connectivity index (χ3v) is 3.44. The monoisotopic (exact) mass is 323 g/mol. The molecule has 3 nitrogen and oxygen atoms in total. The van der Waals surface area contributed by atoms with Crippen molar-refractivity contribution in [3.63, 3.8) is 0 Å². The van der Waals surface area contributed by atoms with Crippen molar-refractivity contribution in [2.45, 2.75) is 19.4 Å². The Morgan fingerprint density at radius 1 is 0.952 bits per heavy atom. The third-order valence-electron chi connectivity index (χ3n) is 3.00. The number of pyridine rings is 1. The van der Waals surface area contributed by atoms with E-state index in [0.717, 1.165) is 43.9 Å². The third kappa shape index (κ3) is 6.34. The van der Waals surface area contributed by atoms with Gasteiger partial charge in [0.1, 0.15) is 5.82 Å². The lowest BCUT2D eigenvalue weighted by atomic mass is 10.2. The molecule has 0 atom stereocenters. The molecule has 21 heavy (non-hydrogen) atoms. The maximum absolute atomic E-state index is 5.96. The highest BCUT2D eigenvalue weighted by molar-refractivity contribution is 6.34. The highest BCUT2D eigenvalue weighted by Crippen LogP contribution is 2.18. The number of nitrogens with zero attached hydrogens (tertiary/aromatic N) is 1. The Hall–Kier alpha value is -1.29. The molecule has 0 amide bonds. The van der Waals surface area contributed by atoms with E-state index in [2.05, 4.69) is 15.6 Å². The minimum absolute atomic E-state index is 0.680. The molecule has 0 bridgehead atoms. The van der Waals surface area contributed by atoms with Crippen molar-refractivity contribution in [1.82, 2.24) is 10.3 Å². The van der Waals surface area contributed by atoms with Crippen molar-refractivity contribution in [2.24, 2.45) is 0 Å². The zero-order valence-corrected chi connectivity index (χ0v) is 13.3. The van der Waals surface area contributed by atoms with Gasteiger partial charge < -0.3 is 10.6 Å². The fourth-order valence-corrected chi connectivity index (χ4v) is 2.58. The standard InChI is InChI=1S/C16H19Cl2N3/c17-14-9-13(10-15(18)11-14)12-19-6-3-4-8-21-16-5-1-2-7-20-16/h1-2,5,7,9-11,19H,3-4,6,8,12H2,(H,20,21). The van der Waals surface area contributed by atoms with Crippen LogP contribution in [0, 0.1) is 0 Å². The molecule has 0 aliphatic rings. The first-order valence-corrected chi connectivity index (χ1v) is 7.80. The Labute approximate surface area is 135 Å². The van der Waals surface area contributed by atoms with Gasteiger partial charge in [0.2, 0.25) is 0 Å². The summed E-state index contributed by atoms with van der Waals surface area (Å²) in [5.74, 6) is 0.930. The van der Waals surface area contributed by atoms with Crippen LogP contribution in [-0.4, -0.2) is 18.1 Å². The van der Waals surface area contributed by atoms with Crippen LogP contribution in [0.25, 0.3) is 0 Å². The number of anilines is 1. The van der Waals surface area contributed by atoms with E-state index in [1.807, 2.05) is 30.3 Å². The number of hydrogen-bond donors (Lipinski definition) is 2. The van der Waals surface area contributed by atoms with Crippen LogP contribution in [0.4, 0.5) is 5.82 Å². The topological polar surface area (TPSA) is 37.0 Å². The molecule has 0 saturated carbocycles. The fraction of sp³-hybridized carbons (Fsp3) is 0.312. The molecular weight excluding hydrogens is 305 g/mol. The Morgan fingerprint density at radius 2 is 1.71 bits per heavy atom. The molecule has 0 spiro atoms. The maximum atomic E-state index is 5.96. The summed E-state index contributed by atoms with van der Waals surface area (Å²) in [7, 11) is 0. The molecule has 1 aromatic heterocycles. The smallest absolute Gasteiger partial charge is 0.125 e. The molecule has 0 saturated heterocycles. The van der Waals surface area contributed by atoms with Crippen LogP contribution in [0.2, 0.25) is 10.0 Å². The molecule has 0 fully saturated rings. The minimum Gasteiger partial charge on any atom is -0.370 e. The molecule has 2 aromatic rings. The summed E-state index contributed by atoms with van der Waals surface area (Å²) in [4.78, 5) is 4.22. The lowest BCUT2D eigenvalue weighted by molar-refractivity contribution is 0.633. The van der Waals surface area contributed by atoms with Gasteiger partial charge in [0, 0.05) is 29.3 Å². The number of unbranched alkanes of at least 4 members (excludes halogenated alkanes) is 1. The molecule has 1 heterocycles. The number of nitrogens with one attached hydrogen (secondary N) is 2. The van der Waals surface area contributed by atoms with Crippen LogP contribution < -0.4 is 10.6 Å². The highest BCUT2D eigenvalue weighted by Gasteiger charge is 1.98. The second-order valence-electron chi connectivity index (χ2n) is 4.80. The van der Waals surface area contributed by atoms with Gasteiger partial charge in [-0.25, -0.2) is 4.98 Å². The summed E-state index contributed by atoms with van der Waals surface area (Å²) in [6, 6.07) is 11.5. The predicted octanol–water partition coefficient (Wildman–Crippen LogP) is 4.37. The van der Waals surface area contributed by atoms with Crippen LogP contribution in [0.15, 0.2) is 42.6 Å². The maximum Gasteiger partial charge on any atom is 0.125 e. The average Bonchev–Trinajstić information content (AvgIpc) is 2.46. The summed E-state index contributed by atoms with van der Waals surface area (Å²) >= 11 is 11.9. The van der Waals surface area contributed by atoms with E-state index in [9.17, 15) is 0 Å². The van der Waals surface area contributed by atoms with E-state index in [0.29, 0.717) is 10.0 Å². The van der Waals surface area contributed by atoms with Crippen LogP contribution in [-0.2, 0) is 6.54 Å². The van der Waals surface area contributed by atoms with Crippen molar-refractivity contribution >= 4 is 29.0 Å². The van der Waals surface area contributed by atoms with Crippen LogP contribution in [0.5, 0.6) is 0 Å². The Kier molecular flexibility index (Phi) is 6.80. The van der Waals surface area contributed by atoms with E-state index in [4.69, 9.17) is 23.2 Å². The molecule has 2 rings (SSSR count). The van der Waals surface area contributed by atoms with Crippen molar-refractivity contribution in [2.75, 3.05) is 18.4 Å². The van der Waals surface area contributed by atoms with Gasteiger partial charge in [-0.3, -0.25) is 0 Å². The van der Waals surface area contributed by atoms with Gasteiger partial charge in [-0.05, 0) is 55.3 Å².